The monoisotopic (exact) mass is 371 g/mol. The maximum absolute atomic E-state index is 11.6. The molecule has 4 N–H and O–H groups in total. The van der Waals surface area contributed by atoms with Crippen molar-refractivity contribution in [1.29, 1.82) is 0 Å². The first-order chi connectivity index (χ1) is 12.1. The van der Waals surface area contributed by atoms with Crippen molar-refractivity contribution in [1.82, 2.24) is 15.5 Å². The number of nitrogens with zero attached hydrogens (tertiary/aromatic N) is 1. The van der Waals surface area contributed by atoms with Crippen LogP contribution < -0.4 is 10.6 Å². The van der Waals surface area contributed by atoms with E-state index in [0.717, 1.165) is 26.1 Å². The Morgan fingerprint density at radius 3 is 1.96 bits per heavy atom. The molecular formula is C19H37N3O4. The van der Waals surface area contributed by atoms with E-state index in [4.69, 9.17) is 0 Å². The quantitative estimate of drug-likeness (QED) is 0.444. The van der Waals surface area contributed by atoms with Crippen molar-refractivity contribution in [2.45, 2.75) is 77.8 Å². The summed E-state index contributed by atoms with van der Waals surface area (Å²) in [6.07, 6.45) is 2.94. The maximum Gasteiger partial charge on any atom is 0.405 e. The second-order valence-corrected chi connectivity index (χ2v) is 8.48. The Morgan fingerprint density at radius 2 is 1.54 bits per heavy atom. The second kappa shape index (κ2) is 10.6. The number of hydrogen-bond acceptors (Lipinski definition) is 3. The summed E-state index contributed by atoms with van der Waals surface area (Å²) in [6.45, 7) is 11.3. The summed E-state index contributed by atoms with van der Waals surface area (Å²) < 4.78 is 0. The van der Waals surface area contributed by atoms with Crippen LogP contribution in [0.4, 0.5) is 9.59 Å². The van der Waals surface area contributed by atoms with Crippen molar-refractivity contribution < 1.29 is 19.8 Å². The molecule has 152 valence electrons. The van der Waals surface area contributed by atoms with E-state index in [1.165, 1.54) is 12.8 Å². The molecule has 0 bridgehead atoms. The predicted octanol–water partition coefficient (Wildman–Crippen LogP) is 3.60. The van der Waals surface area contributed by atoms with Gasteiger partial charge < -0.3 is 25.7 Å². The van der Waals surface area contributed by atoms with Crippen molar-refractivity contribution in [3.63, 3.8) is 0 Å². The van der Waals surface area contributed by atoms with Gasteiger partial charge in [0.05, 0.1) is 11.6 Å². The van der Waals surface area contributed by atoms with Crippen molar-refractivity contribution in [2.24, 2.45) is 11.8 Å². The second-order valence-electron chi connectivity index (χ2n) is 8.48. The molecule has 7 heteroatoms. The highest BCUT2D eigenvalue weighted by molar-refractivity contribution is 5.67. The first kappa shape index (κ1) is 22.5. The lowest BCUT2D eigenvalue weighted by Crippen LogP contribution is -2.63. The fourth-order valence-electron chi connectivity index (χ4n) is 4.39. The van der Waals surface area contributed by atoms with Gasteiger partial charge in [0.1, 0.15) is 0 Å². The third kappa shape index (κ3) is 7.81. The predicted molar refractivity (Wildman–Crippen MR) is 103 cm³/mol. The van der Waals surface area contributed by atoms with Gasteiger partial charge in [0.15, 0.2) is 0 Å². The summed E-state index contributed by atoms with van der Waals surface area (Å²) in [4.78, 5) is 25.4. The smallest absolute Gasteiger partial charge is 0.405 e. The molecule has 0 unspecified atom stereocenters. The van der Waals surface area contributed by atoms with Gasteiger partial charge in [0, 0.05) is 0 Å². The Kier molecular flexibility index (Phi) is 9.19. The minimum absolute atomic E-state index is 0.247. The molecule has 0 saturated carbocycles. The summed E-state index contributed by atoms with van der Waals surface area (Å²) in [5.41, 5.74) is -0.794. The first-order valence-corrected chi connectivity index (χ1v) is 9.87. The van der Waals surface area contributed by atoms with Crippen LogP contribution in [0.5, 0.6) is 0 Å². The summed E-state index contributed by atoms with van der Waals surface area (Å²) in [6, 6.07) is -0.441. The molecular weight excluding hydrogens is 334 g/mol. The lowest BCUT2D eigenvalue weighted by molar-refractivity contribution is 0.121. The van der Waals surface area contributed by atoms with Gasteiger partial charge in [0.2, 0.25) is 0 Å². The number of carbonyl (C=O) groups is 2. The molecule has 2 amide bonds. The van der Waals surface area contributed by atoms with E-state index < -0.39 is 23.8 Å². The van der Waals surface area contributed by atoms with Gasteiger partial charge in [-0.05, 0) is 70.0 Å². The van der Waals surface area contributed by atoms with Crippen LogP contribution >= 0.6 is 0 Å². The Morgan fingerprint density at radius 1 is 1.00 bits per heavy atom. The molecule has 0 aromatic heterocycles. The van der Waals surface area contributed by atoms with E-state index in [9.17, 15) is 19.8 Å². The fourth-order valence-corrected chi connectivity index (χ4v) is 4.39. The SMILES string of the molecule is CC(C)CC(CC(C)C)(NC(=O)O)[C@H](CCCN1CCCC1)NC(=O)O. The van der Waals surface area contributed by atoms with E-state index in [1.807, 2.05) is 27.7 Å². The largest absolute Gasteiger partial charge is 0.465 e. The highest BCUT2D eigenvalue weighted by atomic mass is 16.4. The average molecular weight is 372 g/mol. The number of likely N-dealkylation sites (tertiary alicyclic amines) is 1. The van der Waals surface area contributed by atoms with Gasteiger partial charge in [-0.15, -0.1) is 0 Å². The van der Waals surface area contributed by atoms with Crippen LogP contribution in [0.2, 0.25) is 0 Å². The highest BCUT2D eigenvalue weighted by Gasteiger charge is 2.42. The number of hydrogen-bond donors (Lipinski definition) is 4. The van der Waals surface area contributed by atoms with E-state index in [2.05, 4.69) is 15.5 Å². The normalized spacial score (nSPS) is 16.8. The number of carboxylic acid groups (broad SMARTS) is 2. The summed E-state index contributed by atoms with van der Waals surface area (Å²) in [5.74, 6) is 0.495. The third-order valence-corrected chi connectivity index (χ3v) is 5.03. The Balaban J connectivity index is 2.98. The van der Waals surface area contributed by atoms with Crippen LogP contribution in [0.15, 0.2) is 0 Å². The van der Waals surface area contributed by atoms with E-state index in [1.54, 1.807) is 0 Å². The average Bonchev–Trinajstić information content (AvgIpc) is 2.96. The van der Waals surface area contributed by atoms with Crippen molar-refractivity contribution in [3.05, 3.63) is 0 Å². The zero-order chi connectivity index (χ0) is 19.7. The van der Waals surface area contributed by atoms with Gasteiger partial charge in [-0.3, -0.25) is 0 Å². The highest BCUT2D eigenvalue weighted by Crippen LogP contribution is 2.31. The molecule has 1 aliphatic heterocycles. The number of rotatable bonds is 11. The van der Waals surface area contributed by atoms with Gasteiger partial charge in [-0.1, -0.05) is 27.7 Å². The lowest BCUT2D eigenvalue weighted by Gasteiger charge is -2.43. The maximum atomic E-state index is 11.6. The molecule has 1 heterocycles. The van der Waals surface area contributed by atoms with Gasteiger partial charge >= 0.3 is 12.2 Å². The topological polar surface area (TPSA) is 102 Å². The molecule has 0 aliphatic carbocycles. The third-order valence-electron chi connectivity index (χ3n) is 5.03. The molecule has 26 heavy (non-hydrogen) atoms. The molecule has 0 aromatic carbocycles. The van der Waals surface area contributed by atoms with Crippen molar-refractivity contribution >= 4 is 12.2 Å². The molecule has 1 saturated heterocycles. The van der Waals surface area contributed by atoms with Crippen molar-refractivity contribution in [3.8, 4) is 0 Å². The molecule has 0 radical (unpaired) electrons. The van der Waals surface area contributed by atoms with Gasteiger partial charge in [-0.2, -0.15) is 0 Å². The number of nitrogens with one attached hydrogen (secondary N) is 2. The van der Waals surface area contributed by atoms with E-state index >= 15 is 0 Å². The minimum Gasteiger partial charge on any atom is -0.465 e. The Hall–Kier alpha value is -1.50. The van der Waals surface area contributed by atoms with Crippen LogP contribution in [-0.2, 0) is 0 Å². The lowest BCUT2D eigenvalue weighted by atomic mass is 9.75. The minimum atomic E-state index is -1.10. The standard InChI is InChI=1S/C19H37N3O4/c1-14(2)12-19(13-15(3)4,21-18(25)26)16(20-17(23)24)8-7-11-22-9-5-6-10-22/h14-16,20-21H,5-13H2,1-4H3,(H,23,24)(H,25,26)/t16-/m0/s1. The molecule has 1 atom stereocenters. The zero-order valence-electron chi connectivity index (χ0n) is 16.8. The van der Waals surface area contributed by atoms with E-state index in [0.29, 0.717) is 19.3 Å². The van der Waals surface area contributed by atoms with Crippen molar-refractivity contribution in [2.75, 3.05) is 19.6 Å². The molecule has 1 rings (SSSR count). The zero-order valence-corrected chi connectivity index (χ0v) is 16.8. The molecule has 1 aliphatic rings. The summed E-state index contributed by atoms with van der Waals surface area (Å²) in [7, 11) is 0. The number of amides is 2. The molecule has 1 fully saturated rings. The summed E-state index contributed by atoms with van der Waals surface area (Å²) >= 11 is 0. The molecule has 0 spiro atoms. The van der Waals surface area contributed by atoms with Crippen LogP contribution in [0.1, 0.15) is 66.2 Å². The van der Waals surface area contributed by atoms with Crippen LogP contribution in [-0.4, -0.2) is 58.5 Å². The Bertz CT molecular complexity index is 438. The van der Waals surface area contributed by atoms with Crippen LogP contribution in [0.3, 0.4) is 0 Å². The van der Waals surface area contributed by atoms with Crippen LogP contribution in [0.25, 0.3) is 0 Å². The van der Waals surface area contributed by atoms with Gasteiger partial charge in [-0.25, -0.2) is 9.59 Å². The fraction of sp³-hybridized carbons (Fsp3) is 0.895. The molecule has 0 aromatic rings. The van der Waals surface area contributed by atoms with Gasteiger partial charge in [0.25, 0.3) is 0 Å². The first-order valence-electron chi connectivity index (χ1n) is 9.87. The molecule has 7 nitrogen and oxygen atoms in total. The Labute approximate surface area is 157 Å². The van der Waals surface area contributed by atoms with Crippen LogP contribution in [0, 0.1) is 11.8 Å². The van der Waals surface area contributed by atoms with E-state index in [-0.39, 0.29) is 11.8 Å². The summed E-state index contributed by atoms with van der Waals surface area (Å²) in [5, 5.41) is 24.2.